The van der Waals surface area contributed by atoms with E-state index < -0.39 is 10.0 Å². The van der Waals surface area contributed by atoms with Gasteiger partial charge in [0.1, 0.15) is 10.6 Å². The Balaban J connectivity index is 1.96. The van der Waals surface area contributed by atoms with E-state index in [-0.39, 0.29) is 16.0 Å². The van der Waals surface area contributed by atoms with Crippen molar-refractivity contribution in [3.05, 3.63) is 57.5 Å². The van der Waals surface area contributed by atoms with Crippen LogP contribution >= 0.6 is 27.5 Å². The van der Waals surface area contributed by atoms with Crippen LogP contribution in [-0.2, 0) is 10.0 Å². The van der Waals surface area contributed by atoms with Gasteiger partial charge in [0.25, 0.3) is 0 Å². The third-order valence-electron chi connectivity index (χ3n) is 4.18. The largest absolute Gasteiger partial charge is 0.497 e. The van der Waals surface area contributed by atoms with E-state index >= 15 is 0 Å². The van der Waals surface area contributed by atoms with Crippen molar-refractivity contribution in [3.8, 4) is 5.75 Å². The summed E-state index contributed by atoms with van der Waals surface area (Å²) in [6.45, 7) is 0.491. The molecule has 2 aromatic carbocycles. The Hall–Kier alpha value is -1.08. The second-order valence-corrected chi connectivity index (χ2v) is 8.80. The molecule has 7 heteroatoms. The minimum atomic E-state index is -3.65. The van der Waals surface area contributed by atoms with E-state index in [1.807, 2.05) is 24.3 Å². The standard InChI is InChI=1S/C17H17BrClNO3S/c1-23-14-7-4-12(5-8-14)16-3-2-10-20(16)24(21,22)17-9-6-13(18)11-15(17)19/h4-9,11,16H,2-3,10H2,1H3/t16-/m1/s1. The molecular weight excluding hydrogens is 414 g/mol. The molecule has 0 bridgehead atoms. The van der Waals surface area contributed by atoms with Gasteiger partial charge in [-0.15, -0.1) is 0 Å². The second kappa shape index (κ2) is 7.04. The molecule has 0 unspecified atom stereocenters. The Bertz CT molecular complexity index is 839. The summed E-state index contributed by atoms with van der Waals surface area (Å²) in [6, 6.07) is 12.2. The van der Waals surface area contributed by atoms with Crippen LogP contribution in [0.4, 0.5) is 0 Å². The summed E-state index contributed by atoms with van der Waals surface area (Å²) in [4.78, 5) is 0.146. The third kappa shape index (κ3) is 3.33. The van der Waals surface area contributed by atoms with Gasteiger partial charge in [0.15, 0.2) is 0 Å². The summed E-state index contributed by atoms with van der Waals surface area (Å²) in [5.41, 5.74) is 0.963. The van der Waals surface area contributed by atoms with E-state index in [4.69, 9.17) is 16.3 Å². The molecule has 0 saturated carbocycles. The fourth-order valence-electron chi connectivity index (χ4n) is 3.00. The first-order valence-corrected chi connectivity index (χ1v) is 10.2. The quantitative estimate of drug-likeness (QED) is 0.710. The number of ether oxygens (including phenoxy) is 1. The lowest BCUT2D eigenvalue weighted by molar-refractivity contribution is 0.394. The number of methoxy groups -OCH3 is 1. The first-order chi connectivity index (χ1) is 11.4. The van der Waals surface area contributed by atoms with Gasteiger partial charge in [0, 0.05) is 11.0 Å². The summed E-state index contributed by atoms with van der Waals surface area (Å²) in [6.07, 6.45) is 1.61. The van der Waals surface area contributed by atoms with Crippen molar-refractivity contribution < 1.29 is 13.2 Å². The van der Waals surface area contributed by atoms with Crippen molar-refractivity contribution in [1.29, 1.82) is 0 Å². The van der Waals surface area contributed by atoms with Gasteiger partial charge in [-0.1, -0.05) is 39.7 Å². The molecule has 0 spiro atoms. The van der Waals surface area contributed by atoms with Crippen molar-refractivity contribution in [2.75, 3.05) is 13.7 Å². The molecule has 0 N–H and O–H groups in total. The summed E-state index contributed by atoms with van der Waals surface area (Å²) in [5, 5.41) is 0.227. The predicted octanol–water partition coefficient (Wildman–Crippen LogP) is 4.64. The zero-order valence-electron chi connectivity index (χ0n) is 13.1. The molecule has 4 nitrogen and oxygen atoms in total. The van der Waals surface area contributed by atoms with Crippen molar-refractivity contribution in [1.82, 2.24) is 4.31 Å². The SMILES string of the molecule is COc1ccc([C@H]2CCCN2S(=O)(=O)c2ccc(Br)cc2Cl)cc1. The molecule has 3 rings (SSSR count). The Kier molecular flexibility index (Phi) is 5.20. The van der Waals surface area contributed by atoms with Crippen molar-refractivity contribution in [3.63, 3.8) is 0 Å². The lowest BCUT2D eigenvalue weighted by atomic mass is 10.1. The highest BCUT2D eigenvalue weighted by atomic mass is 79.9. The van der Waals surface area contributed by atoms with Crippen LogP contribution in [0, 0.1) is 0 Å². The topological polar surface area (TPSA) is 46.6 Å². The number of nitrogens with zero attached hydrogens (tertiary/aromatic N) is 1. The number of sulfonamides is 1. The lowest BCUT2D eigenvalue weighted by Gasteiger charge is -2.25. The third-order valence-corrected chi connectivity index (χ3v) is 7.07. The molecular formula is C17H17BrClNO3S. The first-order valence-electron chi connectivity index (χ1n) is 7.54. The monoisotopic (exact) mass is 429 g/mol. The van der Waals surface area contributed by atoms with Gasteiger partial charge in [-0.2, -0.15) is 4.31 Å². The van der Waals surface area contributed by atoms with E-state index in [2.05, 4.69) is 15.9 Å². The number of halogens is 2. The van der Waals surface area contributed by atoms with Crippen molar-refractivity contribution in [2.45, 2.75) is 23.8 Å². The molecule has 1 atom stereocenters. The van der Waals surface area contributed by atoms with Crippen LogP contribution in [0.15, 0.2) is 51.8 Å². The summed E-state index contributed by atoms with van der Waals surface area (Å²) in [5.74, 6) is 0.752. The van der Waals surface area contributed by atoms with Crippen LogP contribution in [0.1, 0.15) is 24.4 Å². The number of rotatable bonds is 4. The molecule has 1 fully saturated rings. The zero-order chi connectivity index (χ0) is 17.3. The molecule has 0 aromatic heterocycles. The first kappa shape index (κ1) is 17.7. The lowest BCUT2D eigenvalue weighted by Crippen LogP contribution is -2.30. The molecule has 1 saturated heterocycles. The van der Waals surface area contributed by atoms with Crippen LogP contribution < -0.4 is 4.74 Å². The van der Waals surface area contributed by atoms with Gasteiger partial charge >= 0.3 is 0 Å². The van der Waals surface area contributed by atoms with Crippen LogP contribution in [0.5, 0.6) is 5.75 Å². The van der Waals surface area contributed by atoms with E-state index in [9.17, 15) is 8.42 Å². The fraction of sp³-hybridized carbons (Fsp3) is 0.294. The highest BCUT2D eigenvalue weighted by molar-refractivity contribution is 9.10. The van der Waals surface area contributed by atoms with E-state index in [0.29, 0.717) is 6.54 Å². The van der Waals surface area contributed by atoms with Gasteiger partial charge in [-0.25, -0.2) is 8.42 Å². The van der Waals surface area contributed by atoms with E-state index in [1.54, 1.807) is 29.6 Å². The van der Waals surface area contributed by atoms with Crippen LogP contribution in [-0.4, -0.2) is 26.4 Å². The van der Waals surface area contributed by atoms with Gasteiger partial charge in [0.2, 0.25) is 10.0 Å². The molecule has 1 aliphatic heterocycles. The van der Waals surface area contributed by atoms with Crippen molar-refractivity contribution >= 4 is 37.6 Å². The summed E-state index contributed by atoms with van der Waals surface area (Å²) in [7, 11) is -2.04. The Labute approximate surface area is 155 Å². The second-order valence-electron chi connectivity index (χ2n) is 5.62. The normalized spacial score (nSPS) is 18.7. The molecule has 24 heavy (non-hydrogen) atoms. The molecule has 2 aromatic rings. The van der Waals surface area contributed by atoms with Gasteiger partial charge in [0.05, 0.1) is 18.2 Å². The maximum absolute atomic E-state index is 13.1. The van der Waals surface area contributed by atoms with E-state index in [1.165, 1.54) is 0 Å². The highest BCUT2D eigenvalue weighted by Crippen LogP contribution is 2.38. The van der Waals surface area contributed by atoms with Crippen LogP contribution in [0.3, 0.4) is 0 Å². The van der Waals surface area contributed by atoms with Gasteiger partial charge in [-0.3, -0.25) is 0 Å². The summed E-state index contributed by atoms with van der Waals surface area (Å²) < 4.78 is 33.6. The van der Waals surface area contributed by atoms with Crippen LogP contribution in [0.2, 0.25) is 5.02 Å². The Morgan fingerprint density at radius 1 is 1.21 bits per heavy atom. The predicted molar refractivity (Wildman–Crippen MR) is 98.0 cm³/mol. The fourth-order valence-corrected chi connectivity index (χ4v) is 5.69. The number of hydrogen-bond donors (Lipinski definition) is 0. The Morgan fingerprint density at radius 3 is 2.54 bits per heavy atom. The zero-order valence-corrected chi connectivity index (χ0v) is 16.2. The van der Waals surface area contributed by atoms with Crippen LogP contribution in [0.25, 0.3) is 0 Å². The average Bonchev–Trinajstić information content (AvgIpc) is 3.05. The number of benzene rings is 2. The molecule has 128 valence electrons. The van der Waals surface area contributed by atoms with E-state index in [0.717, 1.165) is 28.6 Å². The average molecular weight is 431 g/mol. The maximum Gasteiger partial charge on any atom is 0.245 e. The van der Waals surface area contributed by atoms with Gasteiger partial charge in [-0.05, 0) is 48.7 Å². The molecule has 0 radical (unpaired) electrons. The van der Waals surface area contributed by atoms with Gasteiger partial charge < -0.3 is 4.74 Å². The molecule has 1 aliphatic rings. The minimum Gasteiger partial charge on any atom is -0.497 e. The molecule has 0 aliphatic carbocycles. The maximum atomic E-state index is 13.1. The Morgan fingerprint density at radius 2 is 1.92 bits per heavy atom. The summed E-state index contributed by atoms with van der Waals surface area (Å²) >= 11 is 9.48. The smallest absolute Gasteiger partial charge is 0.245 e. The number of hydrogen-bond acceptors (Lipinski definition) is 3. The minimum absolute atomic E-state index is 0.146. The highest BCUT2D eigenvalue weighted by Gasteiger charge is 2.37. The molecule has 1 heterocycles. The van der Waals surface area contributed by atoms with Crippen molar-refractivity contribution in [2.24, 2.45) is 0 Å². The molecule has 0 amide bonds.